The van der Waals surface area contributed by atoms with Crippen molar-refractivity contribution in [2.45, 2.75) is 37.5 Å². The van der Waals surface area contributed by atoms with Crippen molar-refractivity contribution in [2.24, 2.45) is 5.73 Å². The van der Waals surface area contributed by atoms with Crippen molar-refractivity contribution in [3.05, 3.63) is 48.0 Å². The van der Waals surface area contributed by atoms with Gasteiger partial charge in [0.2, 0.25) is 21.8 Å². The number of hydrogen-bond donors (Lipinski definition) is 4. The van der Waals surface area contributed by atoms with Crippen molar-refractivity contribution in [3.63, 3.8) is 0 Å². The number of sulfonamides is 1. The van der Waals surface area contributed by atoms with Crippen LogP contribution in [-0.4, -0.2) is 73.7 Å². The van der Waals surface area contributed by atoms with Crippen molar-refractivity contribution in [1.29, 1.82) is 0 Å². The number of carbonyl (C=O) groups is 2. The van der Waals surface area contributed by atoms with Gasteiger partial charge in [0.25, 0.3) is 0 Å². The molecule has 0 aliphatic carbocycles. The summed E-state index contributed by atoms with van der Waals surface area (Å²) in [6.45, 7) is 0.229. The third-order valence-corrected chi connectivity index (χ3v) is 6.89. The molecule has 2 amide bonds. The number of benzene rings is 2. The number of hydrogen-bond acceptors (Lipinski definition) is 6. The zero-order valence-electron chi connectivity index (χ0n) is 18.0. The van der Waals surface area contributed by atoms with Crippen molar-refractivity contribution in [1.82, 2.24) is 14.9 Å². The van der Waals surface area contributed by atoms with Crippen LogP contribution in [0.5, 0.6) is 0 Å². The van der Waals surface area contributed by atoms with Gasteiger partial charge in [-0.05, 0) is 29.2 Å². The Balaban J connectivity index is 1.79. The normalized spacial score (nSPS) is 18.9. The van der Waals surface area contributed by atoms with Gasteiger partial charge in [0.05, 0.1) is 12.4 Å². The third kappa shape index (κ3) is 6.04. The summed E-state index contributed by atoms with van der Waals surface area (Å²) >= 11 is 0. The number of fused-ring (bicyclic) bond motifs is 1. The molecule has 0 radical (unpaired) electrons. The summed E-state index contributed by atoms with van der Waals surface area (Å²) in [5.41, 5.74) is 6.24. The van der Waals surface area contributed by atoms with Crippen LogP contribution in [0.1, 0.15) is 18.4 Å². The molecule has 1 saturated heterocycles. The zero-order valence-corrected chi connectivity index (χ0v) is 18.8. The molecule has 1 aliphatic heterocycles. The van der Waals surface area contributed by atoms with Crippen LogP contribution in [0, 0.1) is 0 Å². The van der Waals surface area contributed by atoms with Crippen LogP contribution in [-0.2, 0) is 26.0 Å². The number of amides is 2. The lowest BCUT2D eigenvalue weighted by Gasteiger charge is -2.25. The molecule has 3 atom stereocenters. The van der Waals surface area contributed by atoms with Crippen LogP contribution in [0.15, 0.2) is 42.5 Å². The molecule has 0 bridgehead atoms. The predicted octanol–water partition coefficient (Wildman–Crippen LogP) is -0.273. The first-order valence-corrected chi connectivity index (χ1v) is 12.4. The number of rotatable bonds is 9. The van der Waals surface area contributed by atoms with Gasteiger partial charge in [-0.25, -0.2) is 8.42 Å². The minimum Gasteiger partial charge on any atom is -0.390 e. The molecule has 0 aromatic heterocycles. The third-order valence-electron chi connectivity index (χ3n) is 5.60. The molecule has 2 unspecified atom stereocenters. The highest BCUT2D eigenvalue weighted by molar-refractivity contribution is 7.88. The van der Waals surface area contributed by atoms with Gasteiger partial charge in [-0.1, -0.05) is 42.5 Å². The minimum absolute atomic E-state index is 0.00657. The van der Waals surface area contributed by atoms with Crippen LogP contribution < -0.4 is 16.4 Å². The first-order chi connectivity index (χ1) is 15.2. The average molecular weight is 463 g/mol. The Labute approximate surface area is 188 Å². The highest BCUT2D eigenvalue weighted by Gasteiger charge is 2.37. The molecule has 2 aromatic carbocycles. The molecule has 32 heavy (non-hydrogen) atoms. The lowest BCUT2D eigenvalue weighted by molar-refractivity contribution is -0.130. The maximum absolute atomic E-state index is 12.9. The molecule has 2 aromatic rings. The topological polar surface area (TPSA) is 142 Å². The molecule has 3 rings (SSSR count). The van der Waals surface area contributed by atoms with E-state index in [2.05, 4.69) is 10.6 Å². The Hall–Kier alpha value is -2.53. The number of nitrogens with one attached hydrogen (secondary N) is 2. The fourth-order valence-corrected chi connectivity index (χ4v) is 5.03. The van der Waals surface area contributed by atoms with Crippen molar-refractivity contribution >= 4 is 32.6 Å². The molecule has 5 N–H and O–H groups in total. The number of nitrogens with zero attached hydrogens (tertiary/aromatic N) is 1. The fraction of sp³-hybridized carbons (Fsp3) is 0.455. The first kappa shape index (κ1) is 24.1. The Morgan fingerprint density at radius 3 is 2.62 bits per heavy atom. The number of aliphatic hydroxyl groups is 1. The van der Waals surface area contributed by atoms with E-state index in [4.69, 9.17) is 5.73 Å². The van der Waals surface area contributed by atoms with Gasteiger partial charge in [-0.3, -0.25) is 9.59 Å². The molecular formula is C22H30N4O5S. The Bertz CT molecular complexity index is 1070. The highest BCUT2D eigenvalue weighted by atomic mass is 32.2. The van der Waals surface area contributed by atoms with E-state index in [-0.39, 0.29) is 26.1 Å². The van der Waals surface area contributed by atoms with Gasteiger partial charge in [-0.15, -0.1) is 0 Å². The van der Waals surface area contributed by atoms with Crippen LogP contribution in [0.25, 0.3) is 10.8 Å². The molecule has 0 spiro atoms. The number of carbonyl (C=O) groups excluding carboxylic acids is 2. The summed E-state index contributed by atoms with van der Waals surface area (Å²) in [6, 6.07) is 11.8. The summed E-state index contributed by atoms with van der Waals surface area (Å²) in [5, 5.41) is 17.1. The molecule has 10 heteroatoms. The molecule has 174 valence electrons. The zero-order chi connectivity index (χ0) is 23.3. The van der Waals surface area contributed by atoms with E-state index < -0.39 is 40.0 Å². The highest BCUT2D eigenvalue weighted by Crippen LogP contribution is 2.21. The Morgan fingerprint density at radius 2 is 1.94 bits per heavy atom. The summed E-state index contributed by atoms with van der Waals surface area (Å²) in [5.74, 6) is -0.976. The van der Waals surface area contributed by atoms with Crippen LogP contribution in [0.3, 0.4) is 0 Å². The number of aliphatic hydroxyl groups excluding tert-OH is 1. The van der Waals surface area contributed by atoms with E-state index in [0.717, 1.165) is 22.6 Å². The summed E-state index contributed by atoms with van der Waals surface area (Å²) < 4.78 is 25.2. The average Bonchev–Trinajstić information content (AvgIpc) is 3.27. The van der Waals surface area contributed by atoms with Crippen molar-refractivity contribution in [2.75, 3.05) is 25.9 Å². The van der Waals surface area contributed by atoms with Crippen molar-refractivity contribution < 1.29 is 23.1 Å². The van der Waals surface area contributed by atoms with E-state index in [1.165, 1.54) is 4.31 Å². The second-order valence-corrected chi connectivity index (χ2v) is 10.0. The fourth-order valence-electron chi connectivity index (χ4n) is 3.90. The largest absolute Gasteiger partial charge is 0.390 e. The molecule has 1 fully saturated rings. The molecular weight excluding hydrogens is 432 g/mol. The quantitative estimate of drug-likeness (QED) is 0.404. The second-order valence-electron chi connectivity index (χ2n) is 8.11. The van der Waals surface area contributed by atoms with Gasteiger partial charge >= 0.3 is 0 Å². The lowest BCUT2D eigenvalue weighted by atomic mass is 10.0. The van der Waals surface area contributed by atoms with Crippen LogP contribution in [0.4, 0.5) is 0 Å². The monoisotopic (exact) mass is 462 g/mol. The predicted molar refractivity (Wildman–Crippen MR) is 122 cm³/mol. The van der Waals surface area contributed by atoms with E-state index in [0.29, 0.717) is 12.8 Å². The van der Waals surface area contributed by atoms with E-state index in [9.17, 15) is 23.1 Å². The van der Waals surface area contributed by atoms with Gasteiger partial charge < -0.3 is 21.5 Å². The van der Waals surface area contributed by atoms with Gasteiger partial charge in [0.1, 0.15) is 12.1 Å². The Morgan fingerprint density at radius 1 is 1.22 bits per heavy atom. The van der Waals surface area contributed by atoms with Gasteiger partial charge in [0.15, 0.2) is 0 Å². The minimum atomic E-state index is -3.54. The van der Waals surface area contributed by atoms with Gasteiger partial charge in [0, 0.05) is 26.1 Å². The SMILES string of the molecule is CS(=O)(=O)N1CCCC1C(=O)N[C@H](Cc1ccc2ccccc2c1)C(=O)NCC(O)CN. The summed E-state index contributed by atoms with van der Waals surface area (Å²) in [6.07, 6.45) is 1.37. The maximum Gasteiger partial charge on any atom is 0.243 e. The van der Waals surface area contributed by atoms with E-state index in [1.807, 2.05) is 42.5 Å². The summed E-state index contributed by atoms with van der Waals surface area (Å²) in [7, 11) is -3.54. The van der Waals surface area contributed by atoms with Crippen LogP contribution >= 0.6 is 0 Å². The van der Waals surface area contributed by atoms with Crippen molar-refractivity contribution in [3.8, 4) is 0 Å². The van der Waals surface area contributed by atoms with E-state index in [1.54, 1.807) is 0 Å². The number of nitrogens with two attached hydrogens (primary N) is 1. The maximum atomic E-state index is 12.9. The van der Waals surface area contributed by atoms with Gasteiger partial charge in [-0.2, -0.15) is 4.31 Å². The van der Waals surface area contributed by atoms with Crippen LogP contribution in [0.2, 0.25) is 0 Å². The molecule has 9 nitrogen and oxygen atoms in total. The Kier molecular flexibility index (Phi) is 7.83. The second kappa shape index (κ2) is 10.4. The van der Waals surface area contributed by atoms with E-state index >= 15 is 0 Å². The lowest BCUT2D eigenvalue weighted by Crippen LogP contribution is -2.54. The molecule has 1 aliphatic rings. The smallest absolute Gasteiger partial charge is 0.243 e. The first-order valence-electron chi connectivity index (χ1n) is 10.6. The molecule has 1 heterocycles. The standard InChI is InChI=1S/C22H30N4O5S/c1-32(30,31)26-10-4-7-20(26)22(29)25-19(21(28)24-14-18(27)13-23)12-15-8-9-16-5-2-3-6-17(16)11-15/h2-3,5-6,8-9,11,18-20,27H,4,7,10,12-14,23H2,1H3,(H,24,28)(H,25,29)/t18?,19-,20?/m1/s1. The summed E-state index contributed by atoms with van der Waals surface area (Å²) in [4.78, 5) is 25.8. The molecule has 0 saturated carbocycles.